The first-order valence-corrected chi connectivity index (χ1v) is 13.3. The highest BCUT2D eigenvalue weighted by Gasteiger charge is 2.24. The molecule has 0 unspecified atom stereocenters. The molecule has 1 heterocycles. The van der Waals surface area contributed by atoms with E-state index in [1.54, 1.807) is 6.07 Å². The standard InChI is InChI=1S/C33H36BNO3/c1-7-33(5,6)23-16-20-25(21-17-23)35(24-18-14-22(15-19-24)32(2,3)4)29-13-9-11-27-26-10-8-12-28(34(36)37)30(26)38-31(27)29/h8-21,36-37H,7H2,1-6H3. The molecule has 0 saturated carbocycles. The van der Waals surface area contributed by atoms with E-state index in [1.807, 2.05) is 24.3 Å². The Labute approximate surface area is 225 Å². The van der Waals surface area contributed by atoms with Gasteiger partial charge in [0, 0.05) is 27.6 Å². The van der Waals surface area contributed by atoms with Gasteiger partial charge in [0.25, 0.3) is 0 Å². The predicted octanol–water partition coefficient (Wildman–Crippen LogP) is 7.72. The van der Waals surface area contributed by atoms with Crippen molar-refractivity contribution in [1.82, 2.24) is 0 Å². The Balaban J connectivity index is 1.74. The van der Waals surface area contributed by atoms with Crippen molar-refractivity contribution >= 4 is 51.6 Å². The summed E-state index contributed by atoms with van der Waals surface area (Å²) in [4.78, 5) is 2.22. The number of para-hydroxylation sites is 2. The van der Waals surface area contributed by atoms with Gasteiger partial charge in [0.05, 0.1) is 5.69 Å². The molecule has 0 fully saturated rings. The minimum atomic E-state index is -1.61. The molecule has 0 aliphatic rings. The highest BCUT2D eigenvalue weighted by Crippen LogP contribution is 2.42. The summed E-state index contributed by atoms with van der Waals surface area (Å²) in [6.45, 7) is 13.4. The monoisotopic (exact) mass is 505 g/mol. The number of rotatable bonds is 6. The number of hydrogen-bond donors (Lipinski definition) is 2. The molecule has 38 heavy (non-hydrogen) atoms. The second-order valence-corrected chi connectivity index (χ2v) is 11.8. The van der Waals surface area contributed by atoms with Gasteiger partial charge in [0.1, 0.15) is 5.58 Å². The summed E-state index contributed by atoms with van der Waals surface area (Å²) >= 11 is 0. The third-order valence-corrected chi connectivity index (χ3v) is 7.84. The van der Waals surface area contributed by atoms with Gasteiger partial charge in [-0.1, -0.05) is 96.1 Å². The number of nitrogens with zero attached hydrogens (tertiary/aromatic N) is 1. The third-order valence-electron chi connectivity index (χ3n) is 7.84. The molecule has 5 heteroatoms. The van der Waals surface area contributed by atoms with Gasteiger partial charge in [0.15, 0.2) is 5.58 Å². The molecule has 0 saturated heterocycles. The van der Waals surface area contributed by atoms with E-state index in [1.165, 1.54) is 11.1 Å². The van der Waals surface area contributed by atoms with E-state index in [0.717, 1.165) is 34.3 Å². The van der Waals surface area contributed by atoms with Crippen molar-refractivity contribution in [2.24, 2.45) is 0 Å². The number of anilines is 3. The van der Waals surface area contributed by atoms with Crippen molar-refractivity contribution in [2.45, 2.75) is 58.8 Å². The second kappa shape index (κ2) is 9.65. The fourth-order valence-corrected chi connectivity index (χ4v) is 5.01. The van der Waals surface area contributed by atoms with E-state index in [9.17, 15) is 10.0 Å². The third kappa shape index (κ3) is 4.61. The molecule has 0 bridgehead atoms. The normalized spacial score (nSPS) is 12.3. The van der Waals surface area contributed by atoms with Gasteiger partial charge in [-0.25, -0.2) is 0 Å². The maximum Gasteiger partial charge on any atom is 0.492 e. The number of hydrogen-bond acceptors (Lipinski definition) is 4. The van der Waals surface area contributed by atoms with Crippen LogP contribution in [0, 0.1) is 0 Å². The number of benzene rings is 4. The summed E-state index contributed by atoms with van der Waals surface area (Å²) in [7, 11) is -1.61. The Morgan fingerprint density at radius 2 is 1.21 bits per heavy atom. The van der Waals surface area contributed by atoms with Gasteiger partial charge in [0.2, 0.25) is 0 Å². The number of furan rings is 1. The van der Waals surface area contributed by atoms with Crippen LogP contribution in [0.25, 0.3) is 21.9 Å². The van der Waals surface area contributed by atoms with E-state index in [2.05, 4.69) is 101 Å². The van der Waals surface area contributed by atoms with Gasteiger partial charge in [-0.3, -0.25) is 0 Å². The van der Waals surface area contributed by atoms with Gasteiger partial charge in [-0.15, -0.1) is 0 Å². The minimum absolute atomic E-state index is 0.0526. The highest BCUT2D eigenvalue weighted by molar-refractivity contribution is 6.61. The van der Waals surface area contributed by atoms with Crippen LogP contribution in [0.3, 0.4) is 0 Å². The van der Waals surface area contributed by atoms with Gasteiger partial charge < -0.3 is 19.4 Å². The number of fused-ring (bicyclic) bond motifs is 3. The smallest absolute Gasteiger partial charge is 0.454 e. The Morgan fingerprint density at radius 1 is 0.684 bits per heavy atom. The summed E-state index contributed by atoms with van der Waals surface area (Å²) in [5, 5.41) is 21.7. The molecule has 5 rings (SSSR count). The van der Waals surface area contributed by atoms with Crippen molar-refractivity contribution in [3.63, 3.8) is 0 Å². The molecule has 4 aromatic carbocycles. The summed E-state index contributed by atoms with van der Waals surface area (Å²) in [6, 6.07) is 29.1. The van der Waals surface area contributed by atoms with Crippen molar-refractivity contribution in [3.8, 4) is 0 Å². The predicted molar refractivity (Wildman–Crippen MR) is 160 cm³/mol. The zero-order valence-electron chi connectivity index (χ0n) is 23.1. The maximum absolute atomic E-state index is 9.97. The Bertz CT molecular complexity index is 1580. The van der Waals surface area contributed by atoms with Crippen LogP contribution in [0.15, 0.2) is 89.3 Å². The largest absolute Gasteiger partial charge is 0.492 e. The first kappa shape index (κ1) is 26.1. The average molecular weight is 505 g/mol. The molecule has 5 aromatic rings. The maximum atomic E-state index is 9.97. The molecule has 0 aliphatic carbocycles. The van der Waals surface area contributed by atoms with Gasteiger partial charge >= 0.3 is 7.12 Å². The topological polar surface area (TPSA) is 56.8 Å². The van der Waals surface area contributed by atoms with Crippen LogP contribution in [0.2, 0.25) is 0 Å². The summed E-state index contributed by atoms with van der Waals surface area (Å²) in [5.74, 6) is 0. The molecule has 2 N–H and O–H groups in total. The first-order valence-electron chi connectivity index (χ1n) is 13.3. The quantitative estimate of drug-likeness (QED) is 0.232. The molecule has 1 aromatic heterocycles. The van der Waals surface area contributed by atoms with E-state index in [0.29, 0.717) is 16.6 Å². The molecule has 4 nitrogen and oxygen atoms in total. The van der Waals surface area contributed by atoms with E-state index >= 15 is 0 Å². The van der Waals surface area contributed by atoms with Crippen molar-refractivity contribution in [1.29, 1.82) is 0 Å². The molecule has 0 aliphatic heterocycles. The lowest BCUT2D eigenvalue weighted by Crippen LogP contribution is -2.29. The van der Waals surface area contributed by atoms with Crippen LogP contribution in [-0.4, -0.2) is 17.2 Å². The minimum Gasteiger partial charge on any atom is -0.454 e. The molecular formula is C33H36BNO3. The van der Waals surface area contributed by atoms with Gasteiger partial charge in [-0.2, -0.15) is 0 Å². The molecule has 0 radical (unpaired) electrons. The van der Waals surface area contributed by atoms with Gasteiger partial charge in [-0.05, 0) is 58.7 Å². The van der Waals surface area contributed by atoms with Crippen LogP contribution in [0.1, 0.15) is 59.1 Å². The van der Waals surface area contributed by atoms with Crippen molar-refractivity contribution in [2.75, 3.05) is 4.90 Å². The summed E-state index contributed by atoms with van der Waals surface area (Å²) in [5.41, 5.74) is 7.21. The van der Waals surface area contributed by atoms with Crippen LogP contribution in [-0.2, 0) is 10.8 Å². The Morgan fingerprint density at radius 3 is 1.74 bits per heavy atom. The van der Waals surface area contributed by atoms with Crippen molar-refractivity contribution in [3.05, 3.63) is 96.1 Å². The summed E-state index contributed by atoms with van der Waals surface area (Å²) < 4.78 is 6.41. The first-order chi connectivity index (χ1) is 18.0. The SMILES string of the molecule is CCC(C)(C)c1ccc(N(c2ccc(C(C)(C)C)cc2)c2cccc3c2oc2c(B(O)O)cccc23)cc1. The second-order valence-electron chi connectivity index (χ2n) is 11.8. The van der Waals surface area contributed by atoms with E-state index < -0.39 is 7.12 Å². The lowest BCUT2D eigenvalue weighted by Gasteiger charge is -2.28. The highest BCUT2D eigenvalue weighted by atomic mass is 16.4. The molecule has 0 atom stereocenters. The molecule has 0 spiro atoms. The molecule has 194 valence electrons. The summed E-state index contributed by atoms with van der Waals surface area (Å²) in [6.07, 6.45) is 1.06. The molecule has 0 amide bonds. The van der Waals surface area contributed by atoms with E-state index in [4.69, 9.17) is 4.42 Å². The fourth-order valence-electron chi connectivity index (χ4n) is 5.01. The lowest BCUT2D eigenvalue weighted by atomic mass is 9.79. The zero-order chi connectivity index (χ0) is 27.2. The van der Waals surface area contributed by atoms with Crippen LogP contribution < -0.4 is 10.4 Å². The lowest BCUT2D eigenvalue weighted by molar-refractivity contribution is 0.425. The van der Waals surface area contributed by atoms with Crippen molar-refractivity contribution < 1.29 is 14.5 Å². The van der Waals surface area contributed by atoms with Crippen LogP contribution in [0.4, 0.5) is 17.1 Å². The van der Waals surface area contributed by atoms with Crippen LogP contribution >= 0.6 is 0 Å². The van der Waals surface area contributed by atoms with E-state index in [-0.39, 0.29) is 10.8 Å². The fraction of sp³-hybridized carbons (Fsp3) is 0.273. The average Bonchev–Trinajstić information content (AvgIpc) is 3.28. The Hall–Kier alpha value is -3.54. The zero-order valence-corrected chi connectivity index (χ0v) is 23.1. The van der Waals surface area contributed by atoms with Crippen LogP contribution in [0.5, 0.6) is 0 Å². The Kier molecular flexibility index (Phi) is 6.62. The molecular weight excluding hydrogens is 469 g/mol.